The van der Waals surface area contributed by atoms with E-state index in [-0.39, 0.29) is 5.97 Å². The molecule has 9 heteroatoms. The number of esters is 1. The van der Waals surface area contributed by atoms with Crippen LogP contribution >= 0.6 is 39.5 Å². The van der Waals surface area contributed by atoms with Gasteiger partial charge in [0.2, 0.25) is 0 Å². The fourth-order valence-corrected chi connectivity index (χ4v) is 4.55. The third kappa shape index (κ3) is 6.13. The van der Waals surface area contributed by atoms with Crippen LogP contribution < -0.4 is 10.6 Å². The number of carbonyl (C=O) groups excluding carboxylic acids is 1. The SMILES string of the molecule is COC(=O)c1cc(Cc2ccccc2)sc1NC(=S)NCCCn1cc(Br)c(C)n1. The normalized spacial score (nSPS) is 10.6. The van der Waals surface area contributed by atoms with Crippen molar-refractivity contribution in [3.63, 3.8) is 0 Å². The van der Waals surface area contributed by atoms with Crippen molar-refractivity contribution in [2.24, 2.45) is 0 Å². The summed E-state index contributed by atoms with van der Waals surface area (Å²) in [5, 5.41) is 11.9. The number of ether oxygens (including phenoxy) is 1. The molecule has 0 radical (unpaired) electrons. The van der Waals surface area contributed by atoms with Crippen molar-refractivity contribution >= 4 is 55.6 Å². The minimum Gasteiger partial charge on any atom is -0.465 e. The predicted octanol–water partition coefficient (Wildman–Crippen LogP) is 4.77. The Morgan fingerprint density at radius 2 is 2.10 bits per heavy atom. The smallest absolute Gasteiger partial charge is 0.340 e. The quantitative estimate of drug-likeness (QED) is 0.260. The first-order valence-electron chi connectivity index (χ1n) is 9.45. The second-order valence-electron chi connectivity index (χ2n) is 6.67. The topological polar surface area (TPSA) is 68.2 Å². The van der Waals surface area contributed by atoms with Crippen LogP contribution in [0.15, 0.2) is 47.1 Å². The van der Waals surface area contributed by atoms with Crippen LogP contribution in [0.25, 0.3) is 0 Å². The highest BCUT2D eigenvalue weighted by Gasteiger charge is 2.18. The van der Waals surface area contributed by atoms with Gasteiger partial charge in [-0.25, -0.2) is 4.79 Å². The van der Waals surface area contributed by atoms with Gasteiger partial charge in [-0.2, -0.15) is 5.10 Å². The molecule has 0 aliphatic rings. The summed E-state index contributed by atoms with van der Waals surface area (Å²) in [6.45, 7) is 3.44. The standard InChI is InChI=1S/C21H23BrN4O2S2/c1-14-18(22)13-26(25-14)10-6-9-23-21(29)24-19-17(20(27)28-2)12-16(30-19)11-15-7-4-3-5-8-15/h3-5,7-8,12-13H,6,9-11H2,1-2H3,(H2,23,24,29). The van der Waals surface area contributed by atoms with Crippen molar-refractivity contribution < 1.29 is 9.53 Å². The molecule has 0 saturated carbocycles. The van der Waals surface area contributed by atoms with E-state index in [1.54, 1.807) is 0 Å². The van der Waals surface area contributed by atoms with Gasteiger partial charge in [0.05, 0.1) is 22.8 Å². The second-order valence-corrected chi connectivity index (χ2v) is 9.07. The first-order chi connectivity index (χ1) is 14.5. The first-order valence-corrected chi connectivity index (χ1v) is 11.5. The monoisotopic (exact) mass is 506 g/mol. The van der Waals surface area contributed by atoms with Crippen LogP contribution in [0.2, 0.25) is 0 Å². The molecule has 3 rings (SSSR count). The molecule has 0 amide bonds. The van der Waals surface area contributed by atoms with E-state index in [4.69, 9.17) is 17.0 Å². The molecule has 0 bridgehead atoms. The van der Waals surface area contributed by atoms with E-state index in [0.717, 1.165) is 34.4 Å². The summed E-state index contributed by atoms with van der Waals surface area (Å²) < 4.78 is 7.84. The Hall–Kier alpha value is -2.23. The lowest BCUT2D eigenvalue weighted by Crippen LogP contribution is -2.30. The Kier molecular flexibility index (Phi) is 8.01. The highest BCUT2D eigenvalue weighted by Crippen LogP contribution is 2.30. The molecule has 2 N–H and O–H groups in total. The zero-order valence-electron chi connectivity index (χ0n) is 16.8. The molecule has 0 fully saturated rings. The van der Waals surface area contributed by atoms with E-state index in [2.05, 4.69) is 43.8 Å². The number of rotatable bonds is 8. The lowest BCUT2D eigenvalue weighted by atomic mass is 10.1. The van der Waals surface area contributed by atoms with E-state index in [9.17, 15) is 4.79 Å². The molecular weight excluding hydrogens is 484 g/mol. The maximum atomic E-state index is 12.2. The number of nitrogens with zero attached hydrogens (tertiary/aromatic N) is 2. The molecule has 0 aliphatic carbocycles. The van der Waals surface area contributed by atoms with Gasteiger partial charge < -0.3 is 15.4 Å². The van der Waals surface area contributed by atoms with Crippen LogP contribution in [0, 0.1) is 6.92 Å². The maximum absolute atomic E-state index is 12.2. The number of nitrogens with one attached hydrogen (secondary N) is 2. The number of halogens is 1. The van der Waals surface area contributed by atoms with E-state index in [0.29, 0.717) is 22.2 Å². The lowest BCUT2D eigenvalue weighted by Gasteiger charge is -2.10. The van der Waals surface area contributed by atoms with Gasteiger partial charge in [-0.05, 0) is 53.1 Å². The van der Waals surface area contributed by atoms with Gasteiger partial charge >= 0.3 is 5.97 Å². The Bertz CT molecular complexity index is 998. The average molecular weight is 507 g/mol. The highest BCUT2D eigenvalue weighted by molar-refractivity contribution is 9.10. The lowest BCUT2D eigenvalue weighted by molar-refractivity contribution is 0.0602. The third-order valence-electron chi connectivity index (χ3n) is 4.37. The van der Waals surface area contributed by atoms with Crippen molar-refractivity contribution in [2.45, 2.75) is 26.3 Å². The van der Waals surface area contributed by atoms with Gasteiger partial charge in [-0.3, -0.25) is 4.68 Å². The Labute approximate surface area is 193 Å². The minimum atomic E-state index is -0.379. The fourth-order valence-electron chi connectivity index (χ4n) is 2.88. The number of hydrogen-bond acceptors (Lipinski definition) is 5. The van der Waals surface area contributed by atoms with E-state index in [1.165, 1.54) is 24.0 Å². The summed E-state index contributed by atoms with van der Waals surface area (Å²) >= 11 is 10.4. The number of thiophene rings is 1. The van der Waals surface area contributed by atoms with Gasteiger partial charge in [0.1, 0.15) is 5.00 Å². The summed E-state index contributed by atoms with van der Waals surface area (Å²) in [6.07, 6.45) is 3.58. The molecule has 158 valence electrons. The summed E-state index contributed by atoms with van der Waals surface area (Å²) in [7, 11) is 1.38. The molecule has 0 spiro atoms. The Balaban J connectivity index is 1.56. The average Bonchev–Trinajstić information content (AvgIpc) is 3.27. The van der Waals surface area contributed by atoms with E-state index < -0.39 is 0 Å². The summed E-state index contributed by atoms with van der Waals surface area (Å²) in [5.41, 5.74) is 2.65. The number of anilines is 1. The van der Waals surface area contributed by atoms with E-state index >= 15 is 0 Å². The van der Waals surface area contributed by atoms with Gasteiger partial charge in [0.25, 0.3) is 0 Å². The molecule has 2 aromatic heterocycles. The van der Waals surface area contributed by atoms with Crippen LogP contribution in [0.5, 0.6) is 0 Å². The van der Waals surface area contributed by atoms with Crippen LogP contribution in [0.3, 0.4) is 0 Å². The molecule has 2 heterocycles. The van der Waals surface area contributed by atoms with Gasteiger partial charge in [0, 0.05) is 30.6 Å². The molecule has 0 unspecified atom stereocenters. The molecule has 3 aromatic rings. The van der Waals surface area contributed by atoms with Gasteiger partial charge in [-0.1, -0.05) is 30.3 Å². The number of carbonyl (C=O) groups is 1. The molecule has 30 heavy (non-hydrogen) atoms. The molecule has 6 nitrogen and oxygen atoms in total. The molecule has 0 saturated heterocycles. The molecule has 1 aromatic carbocycles. The minimum absolute atomic E-state index is 0.379. The number of aromatic nitrogens is 2. The van der Waals surface area contributed by atoms with Gasteiger partial charge in [0.15, 0.2) is 5.11 Å². The predicted molar refractivity (Wildman–Crippen MR) is 128 cm³/mol. The van der Waals surface area contributed by atoms with Crippen LogP contribution in [0.4, 0.5) is 5.00 Å². The number of aryl methyl sites for hydroxylation is 2. The summed E-state index contributed by atoms with van der Waals surface area (Å²) in [5.74, 6) is -0.379. The van der Waals surface area contributed by atoms with Crippen molar-refractivity contribution in [3.8, 4) is 0 Å². The zero-order chi connectivity index (χ0) is 21.5. The fraction of sp³-hybridized carbons (Fsp3) is 0.286. The Morgan fingerprint density at radius 1 is 1.33 bits per heavy atom. The first kappa shape index (κ1) is 22.5. The van der Waals surface area contributed by atoms with Crippen molar-refractivity contribution in [1.29, 1.82) is 0 Å². The van der Waals surface area contributed by atoms with Crippen molar-refractivity contribution in [2.75, 3.05) is 19.0 Å². The molecule has 0 aliphatic heterocycles. The second kappa shape index (κ2) is 10.7. The Morgan fingerprint density at radius 3 is 2.77 bits per heavy atom. The number of methoxy groups -OCH3 is 1. The zero-order valence-corrected chi connectivity index (χ0v) is 20.0. The van der Waals surface area contributed by atoms with Crippen molar-refractivity contribution in [1.82, 2.24) is 15.1 Å². The van der Waals surface area contributed by atoms with Crippen LogP contribution in [-0.4, -0.2) is 34.5 Å². The molecular formula is C21H23BrN4O2S2. The maximum Gasteiger partial charge on any atom is 0.340 e. The number of benzene rings is 1. The van der Waals surface area contributed by atoms with Crippen LogP contribution in [-0.2, 0) is 17.7 Å². The summed E-state index contributed by atoms with van der Waals surface area (Å²) in [4.78, 5) is 13.3. The highest BCUT2D eigenvalue weighted by atomic mass is 79.9. The van der Waals surface area contributed by atoms with Crippen molar-refractivity contribution in [3.05, 3.63) is 68.8 Å². The number of hydrogen-bond donors (Lipinski definition) is 2. The largest absolute Gasteiger partial charge is 0.465 e. The summed E-state index contributed by atoms with van der Waals surface area (Å²) in [6, 6.07) is 12.0. The van der Waals surface area contributed by atoms with E-state index in [1.807, 2.05) is 42.1 Å². The van der Waals surface area contributed by atoms with Crippen LogP contribution in [0.1, 0.15) is 32.9 Å². The molecule has 0 atom stereocenters. The number of thiocarbonyl (C=S) groups is 1. The van der Waals surface area contributed by atoms with Gasteiger partial charge in [-0.15, -0.1) is 11.3 Å². The third-order valence-corrected chi connectivity index (χ3v) is 6.45.